The second kappa shape index (κ2) is 4.23. The van der Waals surface area contributed by atoms with Gasteiger partial charge in [-0.2, -0.15) is 0 Å². The second-order valence-electron chi connectivity index (χ2n) is 4.86. The highest BCUT2D eigenvalue weighted by atomic mass is 19.3. The minimum absolute atomic E-state index is 0.0795. The molecule has 0 unspecified atom stereocenters. The van der Waals surface area contributed by atoms with Gasteiger partial charge in [0.2, 0.25) is 5.91 Å². The van der Waals surface area contributed by atoms with Crippen molar-refractivity contribution in [3.8, 4) is 0 Å². The first kappa shape index (κ1) is 12.3. The van der Waals surface area contributed by atoms with Crippen molar-refractivity contribution in [1.29, 1.82) is 0 Å². The molecule has 96 valence electrons. The van der Waals surface area contributed by atoms with Crippen LogP contribution in [0.4, 0.5) is 8.78 Å². The zero-order chi connectivity index (χ0) is 12.6. The van der Waals surface area contributed by atoms with Crippen LogP contribution >= 0.6 is 0 Å². The van der Waals surface area contributed by atoms with E-state index in [2.05, 4.69) is 0 Å². The van der Waals surface area contributed by atoms with E-state index >= 15 is 0 Å². The number of aliphatic carboxylic acids is 1. The summed E-state index contributed by atoms with van der Waals surface area (Å²) < 4.78 is 26.8. The van der Waals surface area contributed by atoms with E-state index in [1.54, 1.807) is 0 Å². The van der Waals surface area contributed by atoms with E-state index in [-0.39, 0.29) is 37.6 Å². The van der Waals surface area contributed by atoms with Crippen molar-refractivity contribution in [2.24, 2.45) is 11.8 Å². The number of nitrogens with zero attached hydrogens (tertiary/aromatic N) is 1. The number of rotatable bonds is 3. The van der Waals surface area contributed by atoms with Crippen molar-refractivity contribution in [3.05, 3.63) is 0 Å². The zero-order valence-corrected chi connectivity index (χ0v) is 9.36. The van der Waals surface area contributed by atoms with Gasteiger partial charge in [0, 0.05) is 31.8 Å². The number of hydrogen-bond donors (Lipinski definition) is 1. The Hall–Kier alpha value is -1.20. The Balaban J connectivity index is 1.90. The van der Waals surface area contributed by atoms with E-state index in [9.17, 15) is 18.4 Å². The van der Waals surface area contributed by atoms with E-state index in [4.69, 9.17) is 5.11 Å². The monoisotopic (exact) mass is 247 g/mol. The van der Waals surface area contributed by atoms with Gasteiger partial charge in [-0.15, -0.1) is 0 Å². The summed E-state index contributed by atoms with van der Waals surface area (Å²) in [5.41, 5.74) is 0. The lowest BCUT2D eigenvalue weighted by atomic mass is 9.99. The average molecular weight is 247 g/mol. The third-order valence-corrected chi connectivity index (χ3v) is 3.74. The number of hydrogen-bond acceptors (Lipinski definition) is 2. The molecule has 0 aromatic rings. The van der Waals surface area contributed by atoms with Crippen molar-refractivity contribution >= 4 is 11.9 Å². The number of alkyl halides is 2. The number of likely N-dealkylation sites (tertiary alicyclic amines) is 1. The van der Waals surface area contributed by atoms with Crippen LogP contribution in [-0.4, -0.2) is 40.9 Å². The predicted octanol–water partition coefficient (Wildman–Crippen LogP) is 1.35. The summed E-state index contributed by atoms with van der Waals surface area (Å²) in [6.07, 6.45) is 0.0429. The third kappa shape index (κ3) is 2.40. The molecule has 17 heavy (non-hydrogen) atoms. The molecule has 0 radical (unpaired) electrons. The lowest BCUT2D eigenvalue weighted by Crippen LogP contribution is -2.33. The lowest BCUT2D eigenvalue weighted by Gasteiger charge is -2.20. The fraction of sp³-hybridized carbons (Fsp3) is 0.818. The third-order valence-electron chi connectivity index (χ3n) is 3.74. The maximum absolute atomic E-state index is 13.4. The Morgan fingerprint density at radius 3 is 2.59 bits per heavy atom. The van der Waals surface area contributed by atoms with Crippen LogP contribution in [0.5, 0.6) is 0 Å². The number of amides is 1. The Labute approximate surface area is 97.6 Å². The van der Waals surface area contributed by atoms with E-state index in [1.165, 1.54) is 4.90 Å². The molecule has 4 nitrogen and oxygen atoms in total. The summed E-state index contributed by atoms with van der Waals surface area (Å²) in [7, 11) is 0. The molecule has 1 amide bonds. The topological polar surface area (TPSA) is 57.6 Å². The number of carboxylic acid groups (broad SMARTS) is 1. The number of carboxylic acids is 1. The second-order valence-corrected chi connectivity index (χ2v) is 4.86. The molecule has 1 heterocycles. The van der Waals surface area contributed by atoms with Gasteiger partial charge in [-0.1, -0.05) is 0 Å². The summed E-state index contributed by atoms with van der Waals surface area (Å²) in [6, 6.07) is 0. The first-order valence-corrected chi connectivity index (χ1v) is 5.77. The van der Waals surface area contributed by atoms with Gasteiger partial charge in [0.05, 0.1) is 6.42 Å². The quantitative estimate of drug-likeness (QED) is 0.819. The predicted molar refractivity (Wildman–Crippen MR) is 54.6 cm³/mol. The Bertz CT molecular complexity index is 346. The molecule has 2 rings (SSSR count). The Morgan fingerprint density at radius 2 is 2.00 bits per heavy atom. The fourth-order valence-electron chi connectivity index (χ4n) is 2.78. The molecule has 2 atom stereocenters. The molecule has 1 aliphatic carbocycles. The fourth-order valence-corrected chi connectivity index (χ4v) is 2.78. The largest absolute Gasteiger partial charge is 0.481 e. The normalized spacial score (nSPS) is 30.4. The molecule has 0 aromatic heterocycles. The summed E-state index contributed by atoms with van der Waals surface area (Å²) in [6.45, 7) is 0.439. The van der Waals surface area contributed by atoms with Gasteiger partial charge in [0.1, 0.15) is 0 Å². The van der Waals surface area contributed by atoms with E-state index in [1.807, 2.05) is 0 Å². The Kier molecular flexibility index (Phi) is 3.05. The SMILES string of the molecule is O=C(O)CCC(=O)N1C[C@@H]2CCC(F)(F)[C@H]2C1. The number of carbonyl (C=O) groups excluding carboxylic acids is 1. The molecule has 1 saturated carbocycles. The van der Waals surface area contributed by atoms with Crippen LogP contribution in [0.25, 0.3) is 0 Å². The summed E-state index contributed by atoms with van der Waals surface area (Å²) in [5.74, 6) is -4.86. The van der Waals surface area contributed by atoms with Crippen LogP contribution in [0.3, 0.4) is 0 Å². The molecule has 0 bridgehead atoms. The summed E-state index contributed by atoms with van der Waals surface area (Å²) in [5, 5.41) is 8.46. The van der Waals surface area contributed by atoms with Crippen LogP contribution in [0.15, 0.2) is 0 Å². The molecule has 2 aliphatic rings. The van der Waals surface area contributed by atoms with Crippen LogP contribution in [-0.2, 0) is 9.59 Å². The molecule has 2 fully saturated rings. The first-order valence-electron chi connectivity index (χ1n) is 5.77. The van der Waals surface area contributed by atoms with Gasteiger partial charge < -0.3 is 10.0 Å². The van der Waals surface area contributed by atoms with Gasteiger partial charge in [0.25, 0.3) is 5.92 Å². The molecular weight excluding hydrogens is 232 g/mol. The summed E-state index contributed by atoms with van der Waals surface area (Å²) >= 11 is 0. The van der Waals surface area contributed by atoms with Crippen molar-refractivity contribution in [1.82, 2.24) is 4.90 Å². The number of halogens is 2. The maximum atomic E-state index is 13.4. The average Bonchev–Trinajstić information content (AvgIpc) is 2.77. The van der Waals surface area contributed by atoms with E-state index in [0.29, 0.717) is 13.0 Å². The van der Waals surface area contributed by atoms with Crippen molar-refractivity contribution in [2.75, 3.05) is 13.1 Å². The number of carbonyl (C=O) groups is 2. The highest BCUT2D eigenvalue weighted by molar-refractivity contribution is 5.81. The van der Waals surface area contributed by atoms with Crippen LogP contribution in [0.1, 0.15) is 25.7 Å². The highest BCUT2D eigenvalue weighted by Crippen LogP contribution is 2.48. The van der Waals surface area contributed by atoms with E-state index in [0.717, 1.165) is 0 Å². The van der Waals surface area contributed by atoms with Crippen LogP contribution in [0.2, 0.25) is 0 Å². The van der Waals surface area contributed by atoms with Gasteiger partial charge in [0.15, 0.2) is 0 Å². The van der Waals surface area contributed by atoms with Crippen LogP contribution < -0.4 is 0 Å². The van der Waals surface area contributed by atoms with Crippen LogP contribution in [0, 0.1) is 11.8 Å². The molecule has 1 aliphatic heterocycles. The lowest BCUT2D eigenvalue weighted by molar-refractivity contribution is -0.140. The summed E-state index contributed by atoms with van der Waals surface area (Å²) in [4.78, 5) is 23.3. The smallest absolute Gasteiger partial charge is 0.303 e. The highest BCUT2D eigenvalue weighted by Gasteiger charge is 2.54. The maximum Gasteiger partial charge on any atom is 0.303 e. The minimum atomic E-state index is -2.66. The zero-order valence-electron chi connectivity index (χ0n) is 9.36. The first-order chi connectivity index (χ1) is 7.90. The Morgan fingerprint density at radius 1 is 1.29 bits per heavy atom. The molecular formula is C11H15F2NO3. The minimum Gasteiger partial charge on any atom is -0.481 e. The number of fused-ring (bicyclic) bond motifs is 1. The molecule has 0 spiro atoms. The van der Waals surface area contributed by atoms with Crippen molar-refractivity contribution in [3.63, 3.8) is 0 Å². The molecule has 1 saturated heterocycles. The standard InChI is InChI=1S/C11H15F2NO3/c12-11(13)4-3-7-5-14(6-8(7)11)9(15)1-2-10(16)17/h7-8H,1-6H2,(H,16,17)/t7-,8-/m0/s1. The molecule has 1 N–H and O–H groups in total. The van der Waals surface area contributed by atoms with Gasteiger partial charge in [-0.3, -0.25) is 9.59 Å². The van der Waals surface area contributed by atoms with Gasteiger partial charge in [-0.25, -0.2) is 8.78 Å². The van der Waals surface area contributed by atoms with Crippen molar-refractivity contribution < 1.29 is 23.5 Å². The van der Waals surface area contributed by atoms with E-state index < -0.39 is 17.8 Å². The van der Waals surface area contributed by atoms with Crippen molar-refractivity contribution in [2.45, 2.75) is 31.6 Å². The van der Waals surface area contributed by atoms with Gasteiger partial charge >= 0.3 is 5.97 Å². The molecule has 0 aromatic carbocycles. The molecule has 6 heteroatoms. The van der Waals surface area contributed by atoms with Gasteiger partial charge in [-0.05, 0) is 12.3 Å².